The highest BCUT2D eigenvalue weighted by Gasteiger charge is 2.23. The van der Waals surface area contributed by atoms with E-state index in [1.807, 2.05) is 6.07 Å². The summed E-state index contributed by atoms with van der Waals surface area (Å²) in [4.78, 5) is 15.9. The number of hydrogen-bond donors (Lipinski definition) is 1. The lowest BCUT2D eigenvalue weighted by Crippen LogP contribution is -2.09. The van der Waals surface area contributed by atoms with Gasteiger partial charge in [0.15, 0.2) is 6.61 Å². The third-order valence-corrected chi connectivity index (χ3v) is 4.58. The number of rotatable bonds is 3. The quantitative estimate of drug-likeness (QED) is 0.747. The number of aryl methyl sites for hydroxylation is 2. The second-order valence-corrected chi connectivity index (χ2v) is 6.45. The van der Waals surface area contributed by atoms with Gasteiger partial charge in [-0.3, -0.25) is 0 Å². The summed E-state index contributed by atoms with van der Waals surface area (Å²) in [5, 5.41) is 8.68. The standard InChI is InChI=1S/C18H19N3O3/c1-10-6-7-15-14(8-10)12-4-3-5-13(17(12)19-15)18(22)23-9-16-21-20-11(2)24-16/h3-5,10,19H,6-9H2,1-2H3. The number of H-pyrrole nitrogens is 1. The maximum atomic E-state index is 12.5. The van der Waals surface area contributed by atoms with E-state index in [9.17, 15) is 4.79 Å². The van der Waals surface area contributed by atoms with E-state index in [1.165, 1.54) is 17.7 Å². The Labute approximate surface area is 139 Å². The number of esters is 1. The van der Waals surface area contributed by atoms with Crippen molar-refractivity contribution < 1.29 is 13.9 Å². The van der Waals surface area contributed by atoms with Crippen molar-refractivity contribution in [3.05, 3.63) is 46.8 Å². The van der Waals surface area contributed by atoms with Crippen LogP contribution in [0.15, 0.2) is 22.6 Å². The Hall–Kier alpha value is -2.63. The number of nitrogens with one attached hydrogen (secondary N) is 1. The second kappa shape index (κ2) is 5.78. The molecule has 4 rings (SSSR count). The molecule has 24 heavy (non-hydrogen) atoms. The molecule has 0 spiro atoms. The van der Waals surface area contributed by atoms with Crippen molar-refractivity contribution in [1.82, 2.24) is 15.2 Å². The molecule has 3 aromatic rings. The average molecular weight is 325 g/mol. The molecule has 2 heterocycles. The first-order valence-corrected chi connectivity index (χ1v) is 8.20. The molecule has 1 aliphatic carbocycles. The molecule has 0 amide bonds. The minimum Gasteiger partial charge on any atom is -0.452 e. The molecule has 1 atom stereocenters. The third kappa shape index (κ3) is 2.58. The molecule has 0 radical (unpaired) electrons. The monoisotopic (exact) mass is 325 g/mol. The molecular weight excluding hydrogens is 306 g/mol. The molecule has 1 aliphatic rings. The summed E-state index contributed by atoms with van der Waals surface area (Å²) in [5.41, 5.74) is 4.00. The summed E-state index contributed by atoms with van der Waals surface area (Å²) in [6, 6.07) is 5.76. The number of ether oxygens (including phenoxy) is 1. The highest BCUT2D eigenvalue weighted by atomic mass is 16.5. The lowest BCUT2D eigenvalue weighted by molar-refractivity contribution is 0.0439. The minimum atomic E-state index is -0.386. The molecule has 124 valence electrons. The van der Waals surface area contributed by atoms with Gasteiger partial charge >= 0.3 is 5.97 Å². The molecule has 1 unspecified atom stereocenters. The normalized spacial score (nSPS) is 17.0. The number of carbonyl (C=O) groups is 1. The number of nitrogens with zero attached hydrogens (tertiary/aromatic N) is 2. The Morgan fingerprint density at radius 3 is 3.08 bits per heavy atom. The predicted octanol–water partition coefficient (Wildman–Crippen LogP) is 3.34. The molecule has 0 fully saturated rings. The fraction of sp³-hybridized carbons (Fsp3) is 0.389. The zero-order valence-corrected chi connectivity index (χ0v) is 13.8. The van der Waals surface area contributed by atoms with Crippen LogP contribution < -0.4 is 0 Å². The smallest absolute Gasteiger partial charge is 0.340 e. The van der Waals surface area contributed by atoms with Gasteiger partial charge in [-0.2, -0.15) is 0 Å². The molecule has 2 aromatic heterocycles. The minimum absolute atomic E-state index is 0.0203. The molecule has 1 aromatic carbocycles. The Morgan fingerprint density at radius 2 is 2.29 bits per heavy atom. The average Bonchev–Trinajstić information content (AvgIpc) is 3.15. The van der Waals surface area contributed by atoms with E-state index in [2.05, 4.69) is 28.2 Å². The van der Waals surface area contributed by atoms with E-state index < -0.39 is 0 Å². The maximum absolute atomic E-state index is 12.5. The van der Waals surface area contributed by atoms with Crippen molar-refractivity contribution in [3.8, 4) is 0 Å². The van der Waals surface area contributed by atoms with Crippen LogP contribution in [0.5, 0.6) is 0 Å². The van der Waals surface area contributed by atoms with Gasteiger partial charge in [0.2, 0.25) is 5.89 Å². The van der Waals surface area contributed by atoms with Gasteiger partial charge < -0.3 is 14.1 Å². The van der Waals surface area contributed by atoms with Crippen LogP contribution in [-0.2, 0) is 24.2 Å². The molecule has 0 bridgehead atoms. The lowest BCUT2D eigenvalue weighted by atomic mass is 9.87. The molecule has 6 heteroatoms. The fourth-order valence-corrected chi connectivity index (χ4v) is 3.39. The number of hydrogen-bond acceptors (Lipinski definition) is 5. The van der Waals surface area contributed by atoms with Crippen LogP contribution in [0.4, 0.5) is 0 Å². The van der Waals surface area contributed by atoms with Gasteiger partial charge in [-0.1, -0.05) is 19.1 Å². The van der Waals surface area contributed by atoms with E-state index in [0.717, 1.165) is 23.7 Å². The summed E-state index contributed by atoms with van der Waals surface area (Å²) < 4.78 is 10.6. The van der Waals surface area contributed by atoms with Crippen LogP contribution in [0.1, 0.15) is 46.7 Å². The zero-order chi connectivity index (χ0) is 16.7. The van der Waals surface area contributed by atoms with Gasteiger partial charge in [0.1, 0.15) is 0 Å². The fourth-order valence-electron chi connectivity index (χ4n) is 3.39. The maximum Gasteiger partial charge on any atom is 0.340 e. The molecule has 0 saturated carbocycles. The van der Waals surface area contributed by atoms with Crippen molar-refractivity contribution in [1.29, 1.82) is 0 Å². The van der Waals surface area contributed by atoms with Gasteiger partial charge in [-0.05, 0) is 36.8 Å². The predicted molar refractivity (Wildman–Crippen MR) is 87.6 cm³/mol. The third-order valence-electron chi connectivity index (χ3n) is 4.58. The molecule has 6 nitrogen and oxygen atoms in total. The van der Waals surface area contributed by atoms with E-state index in [1.54, 1.807) is 13.0 Å². The first kappa shape index (κ1) is 14.9. The Morgan fingerprint density at radius 1 is 1.42 bits per heavy atom. The van der Waals surface area contributed by atoms with Crippen molar-refractivity contribution in [2.75, 3.05) is 0 Å². The number of aromatic amines is 1. The van der Waals surface area contributed by atoms with Crippen LogP contribution in [-0.4, -0.2) is 21.2 Å². The number of benzene rings is 1. The largest absolute Gasteiger partial charge is 0.452 e. The van der Waals surface area contributed by atoms with Crippen LogP contribution in [0.3, 0.4) is 0 Å². The first-order valence-electron chi connectivity index (χ1n) is 8.20. The first-order chi connectivity index (χ1) is 11.6. The number of para-hydroxylation sites is 1. The summed E-state index contributed by atoms with van der Waals surface area (Å²) in [6.45, 7) is 3.95. The highest BCUT2D eigenvalue weighted by Crippen LogP contribution is 2.33. The van der Waals surface area contributed by atoms with E-state index in [0.29, 0.717) is 23.3 Å². The topological polar surface area (TPSA) is 81.0 Å². The van der Waals surface area contributed by atoms with E-state index in [-0.39, 0.29) is 12.6 Å². The summed E-state index contributed by atoms with van der Waals surface area (Å²) in [5.74, 6) is 1.04. The van der Waals surface area contributed by atoms with Crippen LogP contribution in [0.25, 0.3) is 10.9 Å². The van der Waals surface area contributed by atoms with E-state index >= 15 is 0 Å². The van der Waals surface area contributed by atoms with Gasteiger partial charge in [0.25, 0.3) is 5.89 Å². The van der Waals surface area contributed by atoms with Crippen LogP contribution in [0, 0.1) is 12.8 Å². The van der Waals surface area contributed by atoms with Crippen molar-refractivity contribution in [2.45, 2.75) is 39.7 Å². The van der Waals surface area contributed by atoms with Gasteiger partial charge in [-0.15, -0.1) is 10.2 Å². The SMILES string of the molecule is Cc1nnc(COC(=O)c2cccc3c4c([nH]c23)CCC(C)C4)o1. The van der Waals surface area contributed by atoms with Crippen molar-refractivity contribution in [2.24, 2.45) is 5.92 Å². The van der Waals surface area contributed by atoms with Gasteiger partial charge in [0.05, 0.1) is 11.1 Å². The van der Waals surface area contributed by atoms with Gasteiger partial charge in [-0.25, -0.2) is 4.79 Å². The Bertz CT molecular complexity index is 910. The lowest BCUT2D eigenvalue weighted by Gasteiger charge is -2.17. The highest BCUT2D eigenvalue weighted by molar-refractivity contribution is 6.04. The van der Waals surface area contributed by atoms with E-state index in [4.69, 9.17) is 9.15 Å². The summed E-state index contributed by atoms with van der Waals surface area (Å²) >= 11 is 0. The van der Waals surface area contributed by atoms with Gasteiger partial charge in [0, 0.05) is 18.0 Å². The Kier molecular flexibility index (Phi) is 3.59. The Balaban J connectivity index is 1.63. The molecule has 0 saturated heterocycles. The second-order valence-electron chi connectivity index (χ2n) is 6.45. The number of fused-ring (bicyclic) bond motifs is 3. The summed E-state index contributed by atoms with van der Waals surface area (Å²) in [6.07, 6.45) is 3.26. The molecule has 0 aliphatic heterocycles. The van der Waals surface area contributed by atoms with Crippen molar-refractivity contribution in [3.63, 3.8) is 0 Å². The molecule has 1 N–H and O–H groups in total. The van der Waals surface area contributed by atoms with Crippen LogP contribution in [0.2, 0.25) is 0 Å². The number of carbonyl (C=O) groups excluding carboxylic acids is 1. The van der Waals surface area contributed by atoms with Crippen molar-refractivity contribution >= 4 is 16.9 Å². The van der Waals surface area contributed by atoms with Crippen LogP contribution >= 0.6 is 0 Å². The molecular formula is C18H19N3O3. The summed E-state index contributed by atoms with van der Waals surface area (Å²) in [7, 11) is 0. The number of aromatic nitrogens is 3. The zero-order valence-electron chi connectivity index (χ0n) is 13.8.